The number of hydrogen-bond donors (Lipinski definition) is 2. The van der Waals surface area contributed by atoms with Crippen LogP contribution in [0.4, 0.5) is 5.82 Å². The molecule has 3 aliphatic carbocycles. The van der Waals surface area contributed by atoms with E-state index in [1.165, 1.54) is 35.2 Å². The maximum atomic E-state index is 13.1. The summed E-state index contributed by atoms with van der Waals surface area (Å²) in [6.45, 7) is 7.33. The number of benzene rings is 1. The van der Waals surface area contributed by atoms with Gasteiger partial charge >= 0.3 is 0 Å². The molecule has 1 aromatic carbocycles. The van der Waals surface area contributed by atoms with Gasteiger partial charge in [-0.05, 0) is 24.6 Å². The molecule has 0 spiro atoms. The molecule has 0 radical (unpaired) electrons. The lowest BCUT2D eigenvalue weighted by atomic mass is 9.72. The lowest BCUT2D eigenvalue weighted by Gasteiger charge is -2.39. The van der Waals surface area contributed by atoms with Crippen molar-refractivity contribution in [3.63, 3.8) is 0 Å². The fourth-order valence-electron chi connectivity index (χ4n) is 4.52. The largest absolute Gasteiger partial charge is 0.381 e. The third kappa shape index (κ3) is 2.69. The average Bonchev–Trinajstić information content (AvgIpc) is 3.33. The number of hydrogen-bond acceptors (Lipinski definition) is 6. The quantitative estimate of drug-likeness (QED) is 0.614. The molecule has 29 heavy (non-hydrogen) atoms. The van der Waals surface area contributed by atoms with Crippen molar-refractivity contribution in [3.05, 3.63) is 47.2 Å². The smallest absolute Gasteiger partial charge is 0.241 e. The van der Waals surface area contributed by atoms with Crippen LogP contribution in [-0.2, 0) is 10.0 Å². The minimum atomic E-state index is -3.79. The Kier molecular flexibility index (Phi) is 3.71. The van der Waals surface area contributed by atoms with Crippen LogP contribution in [0.25, 0.3) is 21.7 Å². The van der Waals surface area contributed by atoms with Crippen molar-refractivity contribution in [3.8, 4) is 11.3 Å². The van der Waals surface area contributed by atoms with Gasteiger partial charge in [-0.25, -0.2) is 34.2 Å². The zero-order chi connectivity index (χ0) is 20.4. The summed E-state index contributed by atoms with van der Waals surface area (Å²) in [7, 11) is -3.79. The van der Waals surface area contributed by atoms with Gasteiger partial charge in [0.15, 0.2) is 11.5 Å². The number of nitrogens with two attached hydrogens (primary N) is 1. The number of rotatable bonds is 4. The van der Waals surface area contributed by atoms with Gasteiger partial charge in [0.2, 0.25) is 15.6 Å². The van der Waals surface area contributed by atoms with Crippen LogP contribution in [0.1, 0.15) is 25.7 Å². The molecule has 3 fully saturated rings. The van der Waals surface area contributed by atoms with Gasteiger partial charge in [0.25, 0.3) is 0 Å². The van der Waals surface area contributed by atoms with E-state index in [0.717, 1.165) is 6.42 Å². The topological polar surface area (TPSA) is 120 Å². The zero-order valence-electron chi connectivity index (χ0n) is 15.1. The van der Waals surface area contributed by atoms with Crippen LogP contribution in [0.5, 0.6) is 0 Å². The number of anilines is 1. The number of sulfonamides is 1. The first-order valence-corrected chi connectivity index (χ1v) is 10.8. The minimum Gasteiger partial charge on any atom is -0.381 e. The predicted molar refractivity (Wildman–Crippen MR) is 106 cm³/mol. The Morgan fingerprint density at radius 3 is 2.79 bits per heavy atom. The van der Waals surface area contributed by atoms with Gasteiger partial charge in [-0.1, -0.05) is 11.6 Å². The number of imidazole rings is 1. The first kappa shape index (κ1) is 18.3. The summed E-state index contributed by atoms with van der Waals surface area (Å²) >= 11 is 6.36. The molecule has 2 aromatic heterocycles. The monoisotopic (exact) mass is 429 g/mol. The molecule has 3 N–H and O–H groups in total. The lowest BCUT2D eigenvalue weighted by molar-refractivity contribution is 0.218. The molecular formula is C18H16ClN7O2S. The van der Waals surface area contributed by atoms with Crippen molar-refractivity contribution in [1.29, 1.82) is 0 Å². The zero-order valence-corrected chi connectivity index (χ0v) is 16.7. The van der Waals surface area contributed by atoms with E-state index in [4.69, 9.17) is 23.9 Å². The summed E-state index contributed by atoms with van der Waals surface area (Å²) in [5, 5.41) is 4.50. The van der Waals surface area contributed by atoms with E-state index in [1.54, 1.807) is 0 Å². The van der Waals surface area contributed by atoms with E-state index < -0.39 is 15.6 Å². The molecule has 0 atom stereocenters. The Labute approximate surface area is 171 Å². The summed E-state index contributed by atoms with van der Waals surface area (Å²) in [4.78, 5) is 11.9. The summed E-state index contributed by atoms with van der Waals surface area (Å²) in [5.74, 6) is 0.210. The van der Waals surface area contributed by atoms with Crippen LogP contribution in [0.3, 0.4) is 0 Å². The number of fused-ring (bicyclic) bond motifs is 2. The van der Waals surface area contributed by atoms with Crippen LogP contribution in [0, 0.1) is 6.57 Å². The Bertz CT molecular complexity index is 1310. The van der Waals surface area contributed by atoms with Gasteiger partial charge < -0.3 is 10.6 Å². The number of nitrogens with one attached hydrogen (secondary N) is 1. The van der Waals surface area contributed by atoms with Crippen molar-refractivity contribution >= 4 is 33.1 Å². The van der Waals surface area contributed by atoms with Gasteiger partial charge in [0.05, 0.1) is 21.8 Å². The van der Waals surface area contributed by atoms with E-state index in [9.17, 15) is 8.42 Å². The number of nitrogen functional groups attached to an aromatic ring is 1. The van der Waals surface area contributed by atoms with Crippen LogP contribution < -0.4 is 10.5 Å². The maximum absolute atomic E-state index is 13.1. The maximum Gasteiger partial charge on any atom is 0.241 e. The molecule has 6 rings (SSSR count). The van der Waals surface area contributed by atoms with Gasteiger partial charge in [0.1, 0.15) is 6.33 Å². The molecule has 3 aliphatic rings. The fourth-order valence-corrected chi connectivity index (χ4v) is 6.19. The Balaban J connectivity index is 1.53. The SMILES string of the molecule is [C-]#[N+]C12CCC(NS(=O)(=O)c3ccc(Cl)c(-c4cnc5c(N)ncnn45)c3)(C1)C2. The Morgan fingerprint density at radius 2 is 2.07 bits per heavy atom. The van der Waals surface area contributed by atoms with Gasteiger partial charge in [0, 0.05) is 30.4 Å². The summed E-state index contributed by atoms with van der Waals surface area (Å²) in [6, 6.07) is 4.50. The molecule has 3 saturated carbocycles. The normalized spacial score (nSPS) is 25.7. The first-order chi connectivity index (χ1) is 13.8. The summed E-state index contributed by atoms with van der Waals surface area (Å²) in [6.07, 6.45) is 5.35. The van der Waals surface area contributed by atoms with Crippen LogP contribution >= 0.6 is 11.6 Å². The van der Waals surface area contributed by atoms with Crippen LogP contribution in [0.15, 0.2) is 35.6 Å². The Hall–Kier alpha value is -2.74. The molecule has 2 heterocycles. The van der Waals surface area contributed by atoms with E-state index in [1.807, 2.05) is 0 Å². The second kappa shape index (κ2) is 5.89. The van der Waals surface area contributed by atoms with Gasteiger partial charge in [-0.2, -0.15) is 5.10 Å². The number of nitrogens with zero attached hydrogens (tertiary/aromatic N) is 5. The molecular weight excluding hydrogens is 414 g/mol. The van der Waals surface area contributed by atoms with E-state index in [2.05, 4.69) is 24.6 Å². The molecule has 0 saturated heterocycles. The standard InChI is InChI=1S/C18H16ClN7O2S/c1-21-17-4-5-18(8-17,9-17)25-29(27,28)11-2-3-13(19)12(6-11)14-7-22-16-15(20)23-10-24-26(14)16/h2-3,6-7,10,25H,4-5,8-9H2,(H2,20,23,24). The first-order valence-electron chi connectivity index (χ1n) is 8.93. The van der Waals surface area contributed by atoms with E-state index in [-0.39, 0.29) is 16.3 Å². The highest BCUT2D eigenvalue weighted by molar-refractivity contribution is 7.89. The predicted octanol–water partition coefficient (Wildman–Crippen LogP) is 2.29. The molecule has 3 aromatic rings. The second-order valence-electron chi connectivity index (χ2n) is 7.74. The van der Waals surface area contributed by atoms with Gasteiger partial charge in [-0.3, -0.25) is 0 Å². The van der Waals surface area contributed by atoms with Crippen molar-refractivity contribution in [2.24, 2.45) is 0 Å². The highest BCUT2D eigenvalue weighted by Crippen LogP contribution is 2.58. The fraction of sp³-hybridized carbons (Fsp3) is 0.333. The van der Waals surface area contributed by atoms with E-state index >= 15 is 0 Å². The average molecular weight is 430 g/mol. The molecule has 0 amide bonds. The molecule has 148 valence electrons. The van der Waals surface area contributed by atoms with E-state index in [0.29, 0.717) is 41.2 Å². The lowest BCUT2D eigenvalue weighted by Crippen LogP contribution is -2.57. The minimum absolute atomic E-state index is 0.0930. The number of halogens is 1. The van der Waals surface area contributed by atoms with Crippen molar-refractivity contribution < 1.29 is 8.42 Å². The molecule has 0 unspecified atom stereocenters. The third-order valence-electron chi connectivity index (χ3n) is 5.85. The summed E-state index contributed by atoms with van der Waals surface area (Å²) in [5.41, 5.74) is 6.25. The van der Waals surface area contributed by atoms with Gasteiger partial charge in [-0.15, -0.1) is 0 Å². The van der Waals surface area contributed by atoms with Crippen molar-refractivity contribution in [2.75, 3.05) is 5.73 Å². The number of aromatic nitrogens is 4. The Morgan fingerprint density at radius 1 is 1.28 bits per heavy atom. The highest BCUT2D eigenvalue weighted by atomic mass is 35.5. The van der Waals surface area contributed by atoms with Crippen molar-refractivity contribution in [1.82, 2.24) is 24.3 Å². The van der Waals surface area contributed by atoms with Crippen molar-refractivity contribution in [2.45, 2.75) is 41.7 Å². The van der Waals surface area contributed by atoms with Crippen LogP contribution in [-0.4, -0.2) is 39.1 Å². The molecule has 0 aliphatic heterocycles. The highest BCUT2D eigenvalue weighted by Gasteiger charge is 2.67. The third-order valence-corrected chi connectivity index (χ3v) is 7.75. The van der Waals surface area contributed by atoms with Crippen LogP contribution in [0.2, 0.25) is 5.02 Å². The molecule has 9 nitrogen and oxygen atoms in total. The summed E-state index contributed by atoms with van der Waals surface area (Å²) < 4.78 is 30.4. The molecule has 2 bridgehead atoms. The second-order valence-corrected chi connectivity index (χ2v) is 9.83. The molecule has 11 heteroatoms.